The molecule has 6 N–H and O–H groups in total. The zero-order valence-electron chi connectivity index (χ0n) is 16.8. The van der Waals surface area contributed by atoms with Gasteiger partial charge >= 0.3 is 0 Å². The van der Waals surface area contributed by atoms with E-state index in [2.05, 4.69) is 25.5 Å². The highest BCUT2D eigenvalue weighted by atomic mass is 16.6. The number of hydrogen-bond donors (Lipinski definition) is 5. The van der Waals surface area contributed by atoms with Gasteiger partial charge in [-0.25, -0.2) is 10.4 Å². The van der Waals surface area contributed by atoms with Gasteiger partial charge in [0.05, 0.1) is 12.9 Å². The third-order valence-corrected chi connectivity index (χ3v) is 5.92. The van der Waals surface area contributed by atoms with Gasteiger partial charge in [-0.1, -0.05) is 32.1 Å². The summed E-state index contributed by atoms with van der Waals surface area (Å²) in [6.45, 7) is -0.416. The fraction of sp³-hybridized carbons (Fsp3) is 0.684. The van der Waals surface area contributed by atoms with Gasteiger partial charge < -0.3 is 25.8 Å². The largest absolute Gasteiger partial charge is 0.394 e. The SMILES string of the molecule is Nc1nc(N/N=C/CCC2CCCCC2)nc2c1ncn2C1OC(CO)C(O)C1O. The number of nitrogens with zero attached hydrogens (tertiary/aromatic N) is 5. The Kier molecular flexibility index (Phi) is 6.42. The lowest BCUT2D eigenvalue weighted by Crippen LogP contribution is -2.33. The summed E-state index contributed by atoms with van der Waals surface area (Å²) >= 11 is 0. The molecule has 4 atom stereocenters. The van der Waals surface area contributed by atoms with Gasteiger partial charge in [0, 0.05) is 6.21 Å². The molecule has 0 aromatic carbocycles. The Labute approximate surface area is 174 Å². The number of nitrogens with one attached hydrogen (secondary N) is 1. The van der Waals surface area contributed by atoms with E-state index in [1.807, 2.05) is 6.21 Å². The van der Waals surface area contributed by atoms with E-state index in [1.54, 1.807) is 0 Å². The van der Waals surface area contributed by atoms with E-state index >= 15 is 0 Å². The van der Waals surface area contributed by atoms with Crippen molar-refractivity contribution in [1.82, 2.24) is 19.5 Å². The van der Waals surface area contributed by atoms with Crippen molar-refractivity contribution < 1.29 is 20.1 Å². The van der Waals surface area contributed by atoms with Crippen LogP contribution in [0.4, 0.5) is 11.8 Å². The van der Waals surface area contributed by atoms with Crippen molar-refractivity contribution in [3.05, 3.63) is 6.33 Å². The lowest BCUT2D eigenvalue weighted by Gasteiger charge is -2.20. The predicted molar refractivity (Wildman–Crippen MR) is 111 cm³/mol. The number of hydrogen-bond acceptors (Lipinski definition) is 10. The molecule has 1 aliphatic heterocycles. The van der Waals surface area contributed by atoms with Crippen LogP contribution in [0.15, 0.2) is 11.4 Å². The third kappa shape index (κ3) is 4.24. The second-order valence-electron chi connectivity index (χ2n) is 7.99. The highest BCUT2D eigenvalue weighted by Gasteiger charge is 2.44. The van der Waals surface area contributed by atoms with Crippen LogP contribution < -0.4 is 11.2 Å². The molecule has 1 saturated carbocycles. The summed E-state index contributed by atoms with van der Waals surface area (Å²) in [4.78, 5) is 12.7. The molecule has 0 spiro atoms. The van der Waals surface area contributed by atoms with Crippen molar-refractivity contribution >= 4 is 29.1 Å². The normalized spacial score (nSPS) is 28.0. The van der Waals surface area contributed by atoms with Crippen LogP contribution in [0.5, 0.6) is 0 Å². The Bertz CT molecular complexity index is 883. The summed E-state index contributed by atoms with van der Waals surface area (Å²) in [7, 11) is 0. The predicted octanol–water partition coefficient (Wildman–Crippen LogP) is 0.778. The Morgan fingerprint density at radius 1 is 1.23 bits per heavy atom. The molecule has 11 heteroatoms. The zero-order valence-corrected chi connectivity index (χ0v) is 16.8. The highest BCUT2D eigenvalue weighted by Crippen LogP contribution is 2.32. The molecule has 2 aliphatic rings. The standard InChI is InChI=1S/C19H29N7O4/c20-16-13-17(26(10-21-13)18-15(29)14(28)12(9-27)30-18)24-19(23-16)25-22-8-4-7-11-5-2-1-3-6-11/h8,10-12,14-15,18,27-29H,1-7,9H2,(H3,20,23,24,25)/b22-8+. The lowest BCUT2D eigenvalue weighted by molar-refractivity contribution is -0.0511. The van der Waals surface area contributed by atoms with Crippen molar-refractivity contribution in [2.75, 3.05) is 17.8 Å². The number of nitrogen functional groups attached to an aromatic ring is 1. The Balaban J connectivity index is 1.45. The summed E-state index contributed by atoms with van der Waals surface area (Å²) < 4.78 is 7.03. The summed E-state index contributed by atoms with van der Waals surface area (Å²) in [5, 5.41) is 33.8. The van der Waals surface area contributed by atoms with E-state index in [0.29, 0.717) is 11.2 Å². The molecule has 0 amide bonds. The molecule has 2 fully saturated rings. The second kappa shape index (κ2) is 9.21. The first kappa shape index (κ1) is 20.9. The highest BCUT2D eigenvalue weighted by molar-refractivity contribution is 5.83. The molecular formula is C19H29N7O4. The Morgan fingerprint density at radius 2 is 2.03 bits per heavy atom. The molecule has 4 unspecified atom stereocenters. The number of aromatic nitrogens is 4. The average Bonchev–Trinajstić information content (AvgIpc) is 3.30. The monoisotopic (exact) mass is 419 g/mol. The average molecular weight is 419 g/mol. The van der Waals surface area contributed by atoms with Crippen molar-refractivity contribution in [1.29, 1.82) is 0 Å². The number of imidazole rings is 1. The quantitative estimate of drug-likeness (QED) is 0.322. The van der Waals surface area contributed by atoms with Crippen molar-refractivity contribution in [2.45, 2.75) is 69.5 Å². The number of rotatable bonds is 7. The first-order valence-electron chi connectivity index (χ1n) is 10.5. The fourth-order valence-electron chi connectivity index (χ4n) is 4.24. The summed E-state index contributed by atoms with van der Waals surface area (Å²) in [6.07, 6.45) is 7.56. The molecule has 1 saturated heterocycles. The van der Waals surface area contributed by atoms with Crippen LogP contribution >= 0.6 is 0 Å². The van der Waals surface area contributed by atoms with Crippen LogP contribution in [-0.2, 0) is 4.74 Å². The Morgan fingerprint density at radius 3 is 2.77 bits per heavy atom. The van der Waals surface area contributed by atoms with E-state index in [1.165, 1.54) is 43.0 Å². The smallest absolute Gasteiger partial charge is 0.247 e. The van der Waals surface area contributed by atoms with Crippen LogP contribution in [0.2, 0.25) is 0 Å². The Hall–Kier alpha value is -2.34. The maximum absolute atomic E-state index is 10.3. The van der Waals surface area contributed by atoms with Gasteiger partial charge in [0.15, 0.2) is 17.7 Å². The molecular weight excluding hydrogens is 390 g/mol. The number of ether oxygens (including phenoxy) is 1. The van der Waals surface area contributed by atoms with E-state index in [-0.39, 0.29) is 11.8 Å². The molecule has 164 valence electrons. The summed E-state index contributed by atoms with van der Waals surface area (Å²) in [5.74, 6) is 1.14. The van der Waals surface area contributed by atoms with Crippen molar-refractivity contribution in [3.8, 4) is 0 Å². The fourth-order valence-corrected chi connectivity index (χ4v) is 4.24. The van der Waals surface area contributed by atoms with E-state index < -0.39 is 31.1 Å². The lowest BCUT2D eigenvalue weighted by atomic mass is 9.86. The molecule has 4 rings (SSSR count). The van der Waals surface area contributed by atoms with Crippen LogP contribution in [-0.4, -0.2) is 66.0 Å². The number of anilines is 2. The number of aliphatic hydroxyl groups excluding tert-OH is 3. The molecule has 2 aromatic heterocycles. The van der Waals surface area contributed by atoms with Crippen molar-refractivity contribution in [3.63, 3.8) is 0 Å². The topological polar surface area (TPSA) is 164 Å². The van der Waals surface area contributed by atoms with Crippen LogP contribution in [0.1, 0.15) is 51.2 Å². The first-order valence-corrected chi connectivity index (χ1v) is 10.5. The molecule has 11 nitrogen and oxygen atoms in total. The maximum Gasteiger partial charge on any atom is 0.247 e. The van der Waals surface area contributed by atoms with Gasteiger partial charge in [0.2, 0.25) is 5.95 Å². The van der Waals surface area contributed by atoms with Crippen LogP contribution in [0, 0.1) is 5.92 Å². The third-order valence-electron chi connectivity index (χ3n) is 5.92. The van der Waals surface area contributed by atoms with Gasteiger partial charge in [-0.2, -0.15) is 15.1 Å². The molecule has 1 aliphatic carbocycles. The minimum atomic E-state index is -1.25. The minimum Gasteiger partial charge on any atom is -0.394 e. The van der Waals surface area contributed by atoms with Gasteiger partial charge in [0.1, 0.15) is 23.8 Å². The van der Waals surface area contributed by atoms with Crippen LogP contribution in [0.3, 0.4) is 0 Å². The number of hydrazone groups is 1. The molecule has 0 radical (unpaired) electrons. The van der Waals surface area contributed by atoms with E-state index in [0.717, 1.165) is 18.8 Å². The maximum atomic E-state index is 10.3. The molecule has 30 heavy (non-hydrogen) atoms. The number of aliphatic hydroxyl groups is 3. The van der Waals surface area contributed by atoms with E-state index in [4.69, 9.17) is 10.5 Å². The van der Waals surface area contributed by atoms with Gasteiger partial charge in [0.25, 0.3) is 0 Å². The summed E-state index contributed by atoms with van der Waals surface area (Å²) in [5.41, 5.74) is 9.47. The number of nitrogens with two attached hydrogens (primary N) is 1. The van der Waals surface area contributed by atoms with Crippen molar-refractivity contribution in [2.24, 2.45) is 11.0 Å². The van der Waals surface area contributed by atoms with Gasteiger partial charge in [-0.15, -0.1) is 0 Å². The van der Waals surface area contributed by atoms with Crippen LogP contribution in [0.25, 0.3) is 11.2 Å². The molecule has 0 bridgehead atoms. The molecule has 3 heterocycles. The second-order valence-corrected chi connectivity index (χ2v) is 7.99. The van der Waals surface area contributed by atoms with Gasteiger partial charge in [-0.3, -0.25) is 4.57 Å². The minimum absolute atomic E-state index is 0.158. The zero-order chi connectivity index (χ0) is 21.1. The number of fused-ring (bicyclic) bond motifs is 1. The van der Waals surface area contributed by atoms with E-state index in [9.17, 15) is 15.3 Å². The summed E-state index contributed by atoms with van der Waals surface area (Å²) in [6, 6.07) is 0. The molecule has 2 aromatic rings. The first-order chi connectivity index (χ1) is 14.6. The van der Waals surface area contributed by atoms with Gasteiger partial charge in [-0.05, 0) is 18.8 Å².